The van der Waals surface area contributed by atoms with Crippen molar-refractivity contribution in [2.45, 2.75) is 51.9 Å². The smallest absolute Gasteiger partial charge is 0.302 e. The topological polar surface area (TPSA) is 44.8 Å². The summed E-state index contributed by atoms with van der Waals surface area (Å²) in [5, 5.41) is 2.41. The highest BCUT2D eigenvalue weighted by Gasteiger charge is 2.52. The average molecular weight is 503 g/mol. The molecular formula is C31H38O4Si. The van der Waals surface area contributed by atoms with E-state index < -0.39 is 8.32 Å². The maximum atomic E-state index is 11.8. The van der Waals surface area contributed by atoms with Gasteiger partial charge in [-0.15, -0.1) is 0 Å². The molecule has 0 amide bonds. The Morgan fingerprint density at radius 3 is 1.86 bits per heavy atom. The molecule has 4 nitrogen and oxygen atoms in total. The lowest BCUT2D eigenvalue weighted by molar-refractivity contribution is -0.167. The molecule has 0 N–H and O–H groups in total. The monoisotopic (exact) mass is 502 g/mol. The summed E-state index contributed by atoms with van der Waals surface area (Å²) in [6.45, 7) is 10.1. The van der Waals surface area contributed by atoms with Gasteiger partial charge in [0, 0.05) is 19.4 Å². The molecule has 1 aliphatic rings. The first kappa shape index (κ1) is 26.3. The van der Waals surface area contributed by atoms with Crippen LogP contribution in [0.4, 0.5) is 0 Å². The fourth-order valence-corrected chi connectivity index (χ4v) is 10.0. The Morgan fingerprint density at radius 1 is 0.833 bits per heavy atom. The van der Waals surface area contributed by atoms with E-state index in [-0.39, 0.29) is 28.9 Å². The molecule has 1 saturated carbocycles. The number of hydrogen-bond donors (Lipinski definition) is 0. The standard InChI is InChI=1S/C31H38O4Si/c1-24(32)35-30-20-26(22-33-21-25-14-8-5-9-15-25)29(30)23-34-36(31(2,3)4,27-16-10-6-11-17-27)28-18-12-7-13-19-28/h5-19,26,29-30H,20-23H2,1-4H3/t26-,29+,30+/m0/s1. The lowest BCUT2D eigenvalue weighted by Gasteiger charge is -2.48. The second-order valence-electron chi connectivity index (χ2n) is 10.8. The Hall–Kier alpha value is -2.73. The number of carbonyl (C=O) groups is 1. The van der Waals surface area contributed by atoms with E-state index in [0.717, 1.165) is 12.0 Å². The molecule has 190 valence electrons. The van der Waals surface area contributed by atoms with Crippen LogP contribution in [0.5, 0.6) is 0 Å². The van der Waals surface area contributed by atoms with E-state index in [1.165, 1.54) is 17.3 Å². The third-order valence-corrected chi connectivity index (χ3v) is 12.3. The highest BCUT2D eigenvalue weighted by Crippen LogP contribution is 2.41. The lowest BCUT2D eigenvalue weighted by atomic mass is 9.71. The first-order valence-electron chi connectivity index (χ1n) is 12.8. The van der Waals surface area contributed by atoms with Crippen LogP contribution in [0.3, 0.4) is 0 Å². The van der Waals surface area contributed by atoms with Crippen molar-refractivity contribution in [2.75, 3.05) is 13.2 Å². The average Bonchev–Trinajstić information content (AvgIpc) is 2.86. The minimum Gasteiger partial charge on any atom is -0.462 e. The third-order valence-electron chi connectivity index (χ3n) is 7.29. The largest absolute Gasteiger partial charge is 0.462 e. The fraction of sp³-hybridized carbons (Fsp3) is 0.387. The summed E-state index contributed by atoms with van der Waals surface area (Å²) in [7, 11) is -2.66. The van der Waals surface area contributed by atoms with Gasteiger partial charge in [-0.25, -0.2) is 0 Å². The second kappa shape index (κ2) is 11.5. The Balaban J connectivity index is 1.56. The zero-order chi connectivity index (χ0) is 25.6. The molecule has 3 atom stereocenters. The van der Waals surface area contributed by atoms with Gasteiger partial charge in [-0.3, -0.25) is 4.79 Å². The first-order valence-corrected chi connectivity index (χ1v) is 14.8. The van der Waals surface area contributed by atoms with Gasteiger partial charge >= 0.3 is 5.97 Å². The normalized spacial score (nSPS) is 19.9. The third kappa shape index (κ3) is 5.80. The van der Waals surface area contributed by atoms with Gasteiger partial charge in [0.2, 0.25) is 0 Å². The van der Waals surface area contributed by atoms with Gasteiger partial charge in [-0.05, 0) is 33.3 Å². The van der Waals surface area contributed by atoms with Crippen molar-refractivity contribution in [1.82, 2.24) is 0 Å². The van der Waals surface area contributed by atoms with Gasteiger partial charge in [0.25, 0.3) is 8.32 Å². The highest BCUT2D eigenvalue weighted by atomic mass is 28.4. The Morgan fingerprint density at radius 2 is 1.36 bits per heavy atom. The summed E-state index contributed by atoms with van der Waals surface area (Å²) in [6.07, 6.45) is 0.675. The van der Waals surface area contributed by atoms with Crippen molar-refractivity contribution < 1.29 is 18.7 Å². The number of rotatable bonds is 10. The summed E-state index contributed by atoms with van der Waals surface area (Å²) >= 11 is 0. The van der Waals surface area contributed by atoms with E-state index in [4.69, 9.17) is 13.9 Å². The molecule has 1 aliphatic carbocycles. The molecule has 0 saturated heterocycles. The molecule has 0 aliphatic heterocycles. The summed E-state index contributed by atoms with van der Waals surface area (Å²) in [6, 6.07) is 31.5. The van der Waals surface area contributed by atoms with Crippen molar-refractivity contribution in [3.05, 3.63) is 96.6 Å². The number of hydrogen-bond acceptors (Lipinski definition) is 4. The predicted molar refractivity (Wildman–Crippen MR) is 147 cm³/mol. The van der Waals surface area contributed by atoms with Crippen LogP contribution in [0.15, 0.2) is 91.0 Å². The van der Waals surface area contributed by atoms with E-state index >= 15 is 0 Å². The minimum atomic E-state index is -2.66. The van der Waals surface area contributed by atoms with Gasteiger partial charge in [0.05, 0.1) is 13.2 Å². The Labute approximate surface area is 216 Å². The molecule has 36 heavy (non-hydrogen) atoms. The van der Waals surface area contributed by atoms with Crippen molar-refractivity contribution in [2.24, 2.45) is 11.8 Å². The zero-order valence-electron chi connectivity index (χ0n) is 21.9. The summed E-state index contributed by atoms with van der Waals surface area (Å²) in [4.78, 5) is 11.8. The number of benzene rings is 3. The molecule has 4 rings (SSSR count). The molecule has 0 radical (unpaired) electrons. The second-order valence-corrected chi connectivity index (χ2v) is 15.1. The van der Waals surface area contributed by atoms with E-state index in [0.29, 0.717) is 19.8 Å². The predicted octanol–water partition coefficient (Wildman–Crippen LogP) is 5.35. The van der Waals surface area contributed by atoms with Crippen LogP contribution in [-0.4, -0.2) is 33.6 Å². The van der Waals surface area contributed by atoms with Crippen LogP contribution in [-0.2, 0) is 25.3 Å². The first-order chi connectivity index (χ1) is 17.3. The SMILES string of the molecule is CC(=O)O[C@@H]1C[C@@H](COCc2ccccc2)[C@H]1CO[Si](c1ccccc1)(c1ccccc1)C(C)(C)C. The van der Waals surface area contributed by atoms with Gasteiger partial charge in [0.15, 0.2) is 0 Å². The highest BCUT2D eigenvalue weighted by molar-refractivity contribution is 6.99. The van der Waals surface area contributed by atoms with E-state index in [1.807, 2.05) is 18.2 Å². The summed E-state index contributed by atoms with van der Waals surface area (Å²) in [5.41, 5.74) is 1.16. The van der Waals surface area contributed by atoms with Crippen molar-refractivity contribution >= 4 is 24.7 Å². The van der Waals surface area contributed by atoms with Crippen LogP contribution in [0, 0.1) is 11.8 Å². The number of ether oxygens (including phenoxy) is 2. The molecule has 1 fully saturated rings. The summed E-state index contributed by atoms with van der Waals surface area (Å²) in [5.74, 6) is 0.154. The Kier molecular flexibility index (Phi) is 8.45. The van der Waals surface area contributed by atoms with Crippen molar-refractivity contribution in [1.29, 1.82) is 0 Å². The molecule has 0 spiro atoms. The van der Waals surface area contributed by atoms with Gasteiger partial charge in [-0.2, -0.15) is 0 Å². The Bertz CT molecular complexity index is 1060. The molecule has 0 unspecified atom stereocenters. The molecule has 3 aromatic carbocycles. The molecule has 0 heterocycles. The van der Waals surface area contributed by atoms with Crippen LogP contribution in [0.2, 0.25) is 5.04 Å². The van der Waals surface area contributed by atoms with Crippen LogP contribution in [0.25, 0.3) is 0 Å². The quantitative estimate of drug-likeness (QED) is 0.277. The maximum Gasteiger partial charge on any atom is 0.302 e. The molecule has 5 heteroatoms. The fourth-order valence-electron chi connectivity index (χ4n) is 5.42. The van der Waals surface area contributed by atoms with Crippen LogP contribution >= 0.6 is 0 Å². The van der Waals surface area contributed by atoms with Gasteiger partial charge in [-0.1, -0.05) is 112 Å². The number of carbonyl (C=O) groups excluding carboxylic acids is 1. The van der Waals surface area contributed by atoms with Gasteiger partial charge < -0.3 is 13.9 Å². The van der Waals surface area contributed by atoms with E-state index in [2.05, 4.69) is 93.6 Å². The summed E-state index contributed by atoms with van der Waals surface area (Å²) < 4.78 is 19.0. The molecular weight excluding hydrogens is 464 g/mol. The van der Waals surface area contributed by atoms with Crippen molar-refractivity contribution in [3.8, 4) is 0 Å². The van der Waals surface area contributed by atoms with Gasteiger partial charge in [0.1, 0.15) is 6.10 Å². The minimum absolute atomic E-state index is 0.101. The zero-order valence-corrected chi connectivity index (χ0v) is 22.9. The van der Waals surface area contributed by atoms with E-state index in [9.17, 15) is 4.79 Å². The number of esters is 1. The molecule has 0 aromatic heterocycles. The van der Waals surface area contributed by atoms with Crippen molar-refractivity contribution in [3.63, 3.8) is 0 Å². The molecule has 3 aromatic rings. The molecule has 0 bridgehead atoms. The lowest BCUT2D eigenvalue weighted by Crippen LogP contribution is -2.67. The maximum absolute atomic E-state index is 11.8. The van der Waals surface area contributed by atoms with E-state index in [1.54, 1.807) is 0 Å². The van der Waals surface area contributed by atoms with Crippen LogP contribution < -0.4 is 10.4 Å². The van der Waals surface area contributed by atoms with Crippen LogP contribution in [0.1, 0.15) is 39.7 Å².